The Morgan fingerprint density at radius 3 is 2.89 bits per heavy atom. The molecule has 0 unspecified atom stereocenters. The van der Waals surface area contributed by atoms with Gasteiger partial charge in [0.05, 0.1) is 5.92 Å². The van der Waals surface area contributed by atoms with Crippen LogP contribution < -0.4 is 10.6 Å². The molecule has 0 radical (unpaired) electrons. The van der Waals surface area contributed by atoms with Gasteiger partial charge in [-0.2, -0.15) is 0 Å². The van der Waals surface area contributed by atoms with Gasteiger partial charge in [-0.15, -0.1) is 0 Å². The molecule has 1 aromatic carbocycles. The van der Waals surface area contributed by atoms with Gasteiger partial charge in [-0.1, -0.05) is 18.2 Å². The fourth-order valence-electron chi connectivity index (χ4n) is 5.57. The molecule has 3 fully saturated rings. The highest BCUT2D eigenvalue weighted by atomic mass is 16.2. The van der Waals surface area contributed by atoms with Crippen molar-refractivity contribution in [3.8, 4) is 0 Å². The summed E-state index contributed by atoms with van der Waals surface area (Å²) < 4.78 is 0. The summed E-state index contributed by atoms with van der Waals surface area (Å²) in [5, 5.41) is 5.85. The van der Waals surface area contributed by atoms with Crippen LogP contribution in [0.3, 0.4) is 0 Å². The Hall–Kier alpha value is -2.41. The van der Waals surface area contributed by atoms with Gasteiger partial charge in [0.1, 0.15) is 5.54 Å². The molecule has 3 amide bonds. The van der Waals surface area contributed by atoms with Crippen LogP contribution in [0.15, 0.2) is 24.3 Å². The van der Waals surface area contributed by atoms with Crippen molar-refractivity contribution >= 4 is 23.4 Å². The van der Waals surface area contributed by atoms with E-state index in [1.165, 1.54) is 0 Å². The van der Waals surface area contributed by atoms with E-state index in [2.05, 4.69) is 15.5 Å². The zero-order valence-electron chi connectivity index (χ0n) is 15.2. The summed E-state index contributed by atoms with van der Waals surface area (Å²) in [6, 6.07) is 8.03. The van der Waals surface area contributed by atoms with Crippen LogP contribution in [0.4, 0.5) is 5.69 Å². The topological polar surface area (TPSA) is 81.8 Å². The first-order valence-corrected chi connectivity index (χ1v) is 9.85. The van der Waals surface area contributed by atoms with Gasteiger partial charge >= 0.3 is 0 Å². The van der Waals surface area contributed by atoms with Gasteiger partial charge in [0.25, 0.3) is 0 Å². The van der Waals surface area contributed by atoms with Crippen LogP contribution in [0.1, 0.15) is 31.2 Å². The molecule has 1 aromatic rings. The van der Waals surface area contributed by atoms with E-state index in [1.54, 1.807) is 4.90 Å². The molecule has 2 N–H and O–H groups in total. The van der Waals surface area contributed by atoms with E-state index >= 15 is 0 Å². The second-order valence-corrected chi connectivity index (χ2v) is 7.97. The second kappa shape index (κ2) is 6.05. The molecule has 27 heavy (non-hydrogen) atoms. The monoisotopic (exact) mass is 368 g/mol. The average molecular weight is 368 g/mol. The Balaban J connectivity index is 1.56. The number of hydrogen-bond donors (Lipinski definition) is 2. The number of nitrogens with one attached hydrogen (secondary N) is 2. The van der Waals surface area contributed by atoms with Crippen molar-refractivity contribution in [3.63, 3.8) is 0 Å². The summed E-state index contributed by atoms with van der Waals surface area (Å²) in [5.41, 5.74) is 0.848. The number of rotatable bonds is 1. The first-order valence-electron chi connectivity index (χ1n) is 9.85. The molecule has 3 saturated heterocycles. The summed E-state index contributed by atoms with van der Waals surface area (Å²) in [7, 11) is 0. The lowest BCUT2D eigenvalue weighted by Crippen LogP contribution is -2.55. The van der Waals surface area contributed by atoms with E-state index < -0.39 is 11.5 Å². The van der Waals surface area contributed by atoms with Crippen molar-refractivity contribution in [3.05, 3.63) is 29.8 Å². The van der Waals surface area contributed by atoms with Crippen molar-refractivity contribution in [2.45, 2.75) is 37.3 Å². The van der Waals surface area contributed by atoms with E-state index in [0.29, 0.717) is 32.5 Å². The zero-order valence-corrected chi connectivity index (χ0v) is 15.2. The third-order valence-electron chi connectivity index (χ3n) is 6.70. The Bertz CT molecular complexity index is 825. The van der Waals surface area contributed by atoms with Gasteiger partial charge in [-0.25, -0.2) is 0 Å². The number of para-hydroxylation sites is 1. The highest BCUT2D eigenvalue weighted by molar-refractivity contribution is 6.09. The highest BCUT2D eigenvalue weighted by Crippen LogP contribution is 2.55. The Kier molecular flexibility index (Phi) is 3.75. The van der Waals surface area contributed by atoms with Gasteiger partial charge in [0, 0.05) is 43.3 Å². The second-order valence-electron chi connectivity index (χ2n) is 7.97. The fraction of sp³-hybridized carbons (Fsp3) is 0.550. The molecule has 7 nitrogen and oxygen atoms in total. The molecule has 142 valence electrons. The number of carbonyl (C=O) groups is 3. The predicted octanol–water partition coefficient (Wildman–Crippen LogP) is 0.667. The molecule has 0 aromatic heterocycles. The number of amides is 3. The van der Waals surface area contributed by atoms with Crippen molar-refractivity contribution in [1.29, 1.82) is 0 Å². The van der Waals surface area contributed by atoms with Crippen LogP contribution in [-0.4, -0.2) is 59.7 Å². The highest BCUT2D eigenvalue weighted by Gasteiger charge is 2.65. The minimum atomic E-state index is -0.904. The van der Waals surface area contributed by atoms with Crippen LogP contribution in [0.25, 0.3) is 0 Å². The Morgan fingerprint density at radius 1 is 1.15 bits per heavy atom. The largest absolute Gasteiger partial charge is 0.354 e. The van der Waals surface area contributed by atoms with Crippen molar-refractivity contribution in [1.82, 2.24) is 15.1 Å². The molecule has 0 aliphatic carbocycles. The van der Waals surface area contributed by atoms with Crippen LogP contribution in [0, 0.1) is 5.92 Å². The molecule has 1 spiro atoms. The van der Waals surface area contributed by atoms with Crippen molar-refractivity contribution in [2.75, 3.05) is 31.5 Å². The van der Waals surface area contributed by atoms with Crippen LogP contribution in [0.2, 0.25) is 0 Å². The molecule has 3 atom stereocenters. The van der Waals surface area contributed by atoms with Gasteiger partial charge in [0.15, 0.2) is 0 Å². The molecule has 4 heterocycles. The van der Waals surface area contributed by atoms with E-state index in [9.17, 15) is 14.4 Å². The number of hydrogen-bond acceptors (Lipinski definition) is 4. The van der Waals surface area contributed by atoms with Crippen LogP contribution in [-0.2, 0) is 19.9 Å². The molecule has 4 aliphatic heterocycles. The first kappa shape index (κ1) is 16.7. The normalized spacial score (nSPS) is 32.8. The quantitative estimate of drug-likeness (QED) is 0.763. The molecule has 5 rings (SSSR count). The van der Waals surface area contributed by atoms with Crippen molar-refractivity contribution in [2.24, 2.45) is 5.92 Å². The molecule has 4 aliphatic rings. The van der Waals surface area contributed by atoms with Gasteiger partial charge < -0.3 is 15.5 Å². The number of fused-ring (bicyclic) bond motifs is 4. The molecular formula is C20H24N4O3. The average Bonchev–Trinajstić information content (AvgIpc) is 3.27. The van der Waals surface area contributed by atoms with Gasteiger partial charge in [-0.3, -0.25) is 19.3 Å². The first-order chi connectivity index (χ1) is 13.1. The maximum atomic E-state index is 13.6. The van der Waals surface area contributed by atoms with Gasteiger partial charge in [-0.05, 0) is 31.9 Å². The third-order valence-corrected chi connectivity index (χ3v) is 6.70. The molecule has 0 bridgehead atoms. The Morgan fingerprint density at radius 2 is 2.00 bits per heavy atom. The summed E-state index contributed by atoms with van der Waals surface area (Å²) in [6.07, 6.45) is 3.12. The minimum Gasteiger partial charge on any atom is -0.354 e. The maximum Gasteiger partial charge on any atom is 0.250 e. The number of nitrogens with zero attached hydrogens (tertiary/aromatic N) is 2. The summed E-state index contributed by atoms with van der Waals surface area (Å²) in [6.45, 7) is 2.24. The lowest BCUT2D eigenvalue weighted by Gasteiger charge is -2.38. The zero-order chi connectivity index (χ0) is 18.6. The molecular weight excluding hydrogens is 344 g/mol. The van der Waals surface area contributed by atoms with Crippen LogP contribution >= 0.6 is 0 Å². The molecule has 7 heteroatoms. The lowest BCUT2D eigenvalue weighted by molar-refractivity contribution is -0.144. The Labute approximate surface area is 158 Å². The number of carbonyl (C=O) groups excluding carboxylic acids is 3. The standard InChI is InChI=1S/C20H24N4O3/c25-17-7-10-23(11-8-21-17)18(26)15-12-13-4-3-9-24(13)20(15)14-5-1-2-6-16(14)22-19(20)27/h1-2,5-6,13,15H,3-4,7-12H2,(H,21,25)(H,22,27)/t13-,15+,20+/m1/s1. The van der Waals surface area contributed by atoms with Crippen molar-refractivity contribution < 1.29 is 14.4 Å². The third kappa shape index (κ3) is 2.27. The predicted molar refractivity (Wildman–Crippen MR) is 98.8 cm³/mol. The number of anilines is 1. The molecule has 0 saturated carbocycles. The van der Waals surface area contributed by atoms with E-state index in [0.717, 1.165) is 30.6 Å². The SMILES string of the molecule is O=C1CCN(C(=O)[C@@H]2C[C@H]3CCCN3[C@]23C(=O)Nc2ccccc23)CCN1. The van der Waals surface area contributed by atoms with Crippen LogP contribution in [0.5, 0.6) is 0 Å². The summed E-state index contributed by atoms with van der Waals surface area (Å²) >= 11 is 0. The summed E-state index contributed by atoms with van der Waals surface area (Å²) in [4.78, 5) is 42.6. The maximum absolute atomic E-state index is 13.6. The summed E-state index contributed by atoms with van der Waals surface area (Å²) in [5.74, 6) is -0.487. The van der Waals surface area contributed by atoms with E-state index in [4.69, 9.17) is 0 Å². The van der Waals surface area contributed by atoms with E-state index in [-0.39, 0.29) is 23.8 Å². The smallest absolute Gasteiger partial charge is 0.250 e. The van der Waals surface area contributed by atoms with E-state index in [1.807, 2.05) is 24.3 Å². The number of benzene rings is 1. The fourth-order valence-corrected chi connectivity index (χ4v) is 5.57. The van der Waals surface area contributed by atoms with Gasteiger partial charge in [0.2, 0.25) is 17.7 Å². The lowest BCUT2D eigenvalue weighted by atomic mass is 9.78. The minimum absolute atomic E-state index is 0.00718.